The van der Waals surface area contributed by atoms with Crippen LogP contribution in [0, 0.1) is 0 Å². The molecule has 1 aromatic rings. The summed E-state index contributed by atoms with van der Waals surface area (Å²) in [7, 11) is 1.31. The number of hydrogen-bond acceptors (Lipinski definition) is 8. The molecule has 3 rings (SSSR count). The highest BCUT2D eigenvalue weighted by atomic mass is 35.5. The Morgan fingerprint density at radius 1 is 1.41 bits per heavy atom. The number of hydrogen-bond donors (Lipinski definition) is 3. The van der Waals surface area contributed by atoms with Gasteiger partial charge in [0.05, 0.1) is 0 Å². The lowest BCUT2D eigenvalue weighted by atomic mass is 10.0. The first-order chi connectivity index (χ1) is 14.0. The Labute approximate surface area is 181 Å². The standard InChI is InChI=1S/C17H22ClN5O4S2/c1-27-23-12(10-8-28-17(19-10)20-11(24)7-18)14(25)21-13-15(26)22-16(13)29-9-5-3-2-4-6-9/h8-9,13,16H,2-7H2,1H3,(H,21,25)(H,22,26)(H,19,20,24)/t13-,16+/m1/s1. The molecule has 158 valence electrons. The predicted octanol–water partition coefficient (Wildman–Crippen LogP) is 1.68. The number of nitrogens with one attached hydrogen (secondary N) is 3. The number of amides is 3. The Kier molecular flexibility index (Phi) is 7.73. The van der Waals surface area contributed by atoms with Gasteiger partial charge in [0.2, 0.25) is 11.8 Å². The summed E-state index contributed by atoms with van der Waals surface area (Å²) in [5.74, 6) is -1.40. The SMILES string of the molecule is CON=C(C(=O)N[C@@H]1C(=O)N[C@H]1SC1CCCCC1)c1csc(NC(=O)CCl)n1. The van der Waals surface area contributed by atoms with Crippen LogP contribution in [-0.4, -0.2) is 58.1 Å². The quantitative estimate of drug-likeness (QED) is 0.235. The molecule has 3 N–H and O–H groups in total. The van der Waals surface area contributed by atoms with E-state index in [9.17, 15) is 14.4 Å². The van der Waals surface area contributed by atoms with Crippen LogP contribution in [0.25, 0.3) is 0 Å². The van der Waals surface area contributed by atoms with Crippen molar-refractivity contribution in [1.82, 2.24) is 15.6 Å². The number of carbonyl (C=O) groups is 3. The minimum atomic E-state index is -0.634. The van der Waals surface area contributed by atoms with Gasteiger partial charge >= 0.3 is 0 Å². The van der Waals surface area contributed by atoms with E-state index in [1.54, 1.807) is 17.1 Å². The van der Waals surface area contributed by atoms with Gasteiger partial charge in [-0.05, 0) is 12.8 Å². The Balaban J connectivity index is 1.64. The first-order valence-corrected chi connectivity index (χ1v) is 11.6. The first-order valence-electron chi connectivity index (χ1n) is 9.21. The van der Waals surface area contributed by atoms with Crippen molar-refractivity contribution in [1.29, 1.82) is 0 Å². The summed E-state index contributed by atoms with van der Waals surface area (Å²) >= 11 is 8.30. The second kappa shape index (κ2) is 10.3. The second-order valence-corrected chi connectivity index (χ2v) is 9.19. The number of rotatable bonds is 8. The molecule has 12 heteroatoms. The van der Waals surface area contributed by atoms with Gasteiger partial charge in [-0.3, -0.25) is 14.4 Å². The van der Waals surface area contributed by atoms with Gasteiger partial charge in [0, 0.05) is 10.6 Å². The monoisotopic (exact) mass is 459 g/mol. The summed E-state index contributed by atoms with van der Waals surface area (Å²) in [6.45, 7) is 0. The second-order valence-electron chi connectivity index (χ2n) is 6.62. The maximum atomic E-state index is 12.8. The fourth-order valence-electron chi connectivity index (χ4n) is 3.11. The molecule has 1 aliphatic heterocycles. The molecule has 2 heterocycles. The number of oxime groups is 1. The number of anilines is 1. The van der Waals surface area contributed by atoms with Crippen LogP contribution >= 0.6 is 34.7 Å². The summed E-state index contributed by atoms with van der Waals surface area (Å²) in [5, 5.41) is 14.0. The van der Waals surface area contributed by atoms with Gasteiger partial charge in [0.1, 0.15) is 30.1 Å². The molecule has 1 saturated carbocycles. The largest absolute Gasteiger partial charge is 0.398 e. The minimum absolute atomic E-state index is 0.0729. The summed E-state index contributed by atoms with van der Waals surface area (Å²) < 4.78 is 0. The van der Waals surface area contributed by atoms with E-state index in [1.165, 1.54) is 26.4 Å². The Morgan fingerprint density at radius 3 is 2.83 bits per heavy atom. The molecule has 1 saturated heterocycles. The number of aromatic nitrogens is 1. The zero-order valence-electron chi connectivity index (χ0n) is 15.8. The highest BCUT2D eigenvalue weighted by molar-refractivity contribution is 8.00. The van der Waals surface area contributed by atoms with Crippen molar-refractivity contribution < 1.29 is 19.2 Å². The molecular weight excluding hydrogens is 438 g/mol. The van der Waals surface area contributed by atoms with E-state index in [1.807, 2.05) is 0 Å². The third-order valence-electron chi connectivity index (χ3n) is 4.56. The van der Waals surface area contributed by atoms with E-state index < -0.39 is 17.9 Å². The highest BCUT2D eigenvalue weighted by Gasteiger charge is 2.43. The average Bonchev–Trinajstić information content (AvgIpc) is 3.18. The van der Waals surface area contributed by atoms with Crippen LogP contribution in [0.1, 0.15) is 37.8 Å². The Bertz CT molecular complexity index is 797. The van der Waals surface area contributed by atoms with Crippen molar-refractivity contribution >= 4 is 63.3 Å². The number of carbonyl (C=O) groups excluding carboxylic acids is 3. The van der Waals surface area contributed by atoms with E-state index in [4.69, 9.17) is 16.4 Å². The molecular formula is C17H22ClN5O4S2. The third kappa shape index (κ3) is 5.61. The Morgan fingerprint density at radius 2 is 2.17 bits per heavy atom. The predicted molar refractivity (Wildman–Crippen MR) is 113 cm³/mol. The topological polar surface area (TPSA) is 122 Å². The van der Waals surface area contributed by atoms with Gasteiger partial charge in [-0.2, -0.15) is 0 Å². The molecule has 1 aliphatic carbocycles. The maximum absolute atomic E-state index is 12.8. The number of β-lactam (4-membered cyclic amide) rings is 1. The first kappa shape index (κ1) is 21.8. The lowest BCUT2D eigenvalue weighted by Gasteiger charge is -2.39. The molecule has 0 spiro atoms. The maximum Gasteiger partial charge on any atom is 0.276 e. The van der Waals surface area contributed by atoms with Gasteiger partial charge < -0.3 is 20.8 Å². The number of alkyl halides is 1. The molecule has 2 aliphatic rings. The van der Waals surface area contributed by atoms with E-state index in [-0.39, 0.29) is 33.7 Å². The van der Waals surface area contributed by atoms with Crippen LogP contribution in [0.4, 0.5) is 5.13 Å². The van der Waals surface area contributed by atoms with Crippen LogP contribution in [-0.2, 0) is 19.2 Å². The molecule has 2 fully saturated rings. The van der Waals surface area contributed by atoms with Gasteiger partial charge in [-0.15, -0.1) is 34.7 Å². The van der Waals surface area contributed by atoms with Gasteiger partial charge in [0.15, 0.2) is 10.8 Å². The average molecular weight is 460 g/mol. The van der Waals surface area contributed by atoms with Crippen LogP contribution in [0.2, 0.25) is 0 Å². The van der Waals surface area contributed by atoms with E-state index in [0.717, 1.165) is 24.2 Å². The van der Waals surface area contributed by atoms with Crippen molar-refractivity contribution in [2.75, 3.05) is 18.3 Å². The zero-order chi connectivity index (χ0) is 20.8. The molecule has 0 unspecified atom stereocenters. The van der Waals surface area contributed by atoms with E-state index in [2.05, 4.69) is 26.1 Å². The lowest BCUT2D eigenvalue weighted by Crippen LogP contribution is -2.68. The van der Waals surface area contributed by atoms with Crippen molar-refractivity contribution in [3.63, 3.8) is 0 Å². The van der Waals surface area contributed by atoms with E-state index >= 15 is 0 Å². The number of thiazole rings is 1. The number of halogens is 1. The summed E-state index contributed by atoms with van der Waals surface area (Å²) in [5.41, 5.74) is 0.159. The molecule has 9 nitrogen and oxygen atoms in total. The van der Waals surface area contributed by atoms with Crippen molar-refractivity contribution in [2.45, 2.75) is 48.8 Å². The minimum Gasteiger partial charge on any atom is -0.398 e. The van der Waals surface area contributed by atoms with Crippen LogP contribution in [0.5, 0.6) is 0 Å². The van der Waals surface area contributed by atoms with Crippen molar-refractivity contribution in [3.8, 4) is 0 Å². The smallest absolute Gasteiger partial charge is 0.276 e. The summed E-state index contributed by atoms with van der Waals surface area (Å²) in [6.07, 6.45) is 5.92. The van der Waals surface area contributed by atoms with Crippen LogP contribution < -0.4 is 16.0 Å². The molecule has 0 bridgehead atoms. The van der Waals surface area contributed by atoms with Crippen LogP contribution in [0.15, 0.2) is 10.5 Å². The molecule has 29 heavy (non-hydrogen) atoms. The lowest BCUT2D eigenvalue weighted by molar-refractivity contribution is -0.132. The third-order valence-corrected chi connectivity index (χ3v) is 7.10. The van der Waals surface area contributed by atoms with Gasteiger partial charge in [-0.1, -0.05) is 24.4 Å². The van der Waals surface area contributed by atoms with Crippen molar-refractivity contribution in [2.24, 2.45) is 5.16 Å². The van der Waals surface area contributed by atoms with Crippen molar-refractivity contribution in [3.05, 3.63) is 11.1 Å². The fourth-order valence-corrected chi connectivity index (χ4v) is 5.45. The molecule has 1 aromatic heterocycles. The Hall–Kier alpha value is -1.85. The number of thioether (sulfide) groups is 1. The van der Waals surface area contributed by atoms with E-state index in [0.29, 0.717) is 5.25 Å². The summed E-state index contributed by atoms with van der Waals surface area (Å²) in [4.78, 5) is 45.1. The molecule has 0 aromatic carbocycles. The molecule has 3 amide bonds. The van der Waals surface area contributed by atoms with Gasteiger partial charge in [0.25, 0.3) is 5.91 Å². The molecule has 2 atom stereocenters. The summed E-state index contributed by atoms with van der Waals surface area (Å²) in [6, 6.07) is -0.634. The number of nitrogens with zero attached hydrogens (tertiary/aromatic N) is 2. The van der Waals surface area contributed by atoms with Gasteiger partial charge in [-0.25, -0.2) is 4.98 Å². The zero-order valence-corrected chi connectivity index (χ0v) is 18.2. The normalized spacial score (nSPS) is 22.4. The molecule has 0 radical (unpaired) electrons. The fraction of sp³-hybridized carbons (Fsp3) is 0.588. The van der Waals surface area contributed by atoms with Crippen LogP contribution in [0.3, 0.4) is 0 Å². The highest BCUT2D eigenvalue weighted by Crippen LogP contribution is 2.33.